The van der Waals surface area contributed by atoms with Crippen LogP contribution in [0.4, 0.5) is 26.3 Å². The summed E-state index contributed by atoms with van der Waals surface area (Å²) < 4.78 is 81.6. The summed E-state index contributed by atoms with van der Waals surface area (Å²) >= 11 is 0. The summed E-state index contributed by atoms with van der Waals surface area (Å²) in [7, 11) is 0. The Morgan fingerprint density at radius 2 is 0.846 bits per heavy atom. The van der Waals surface area contributed by atoms with Gasteiger partial charge in [-0.25, -0.2) is 0 Å². The zero-order valence-corrected chi connectivity index (χ0v) is 12.9. The zero-order valence-electron chi connectivity index (χ0n) is 12.9. The lowest BCUT2D eigenvalue weighted by Gasteiger charge is -2.03. The van der Waals surface area contributed by atoms with E-state index in [4.69, 9.17) is 0 Å². The van der Waals surface area contributed by atoms with Crippen LogP contribution < -0.4 is 9.47 Å². The molecule has 8 heteroatoms. The summed E-state index contributed by atoms with van der Waals surface area (Å²) in [6.45, 7) is 0. The molecule has 0 saturated heterocycles. The predicted octanol–water partition coefficient (Wildman–Crippen LogP) is 6.68. The highest BCUT2D eigenvalue weighted by Crippen LogP contribution is 2.21. The number of halogens is 6. The van der Waals surface area contributed by atoms with Crippen LogP contribution in [0, 0.1) is 0 Å². The van der Waals surface area contributed by atoms with Gasteiger partial charge in [0.25, 0.3) is 0 Å². The first-order chi connectivity index (χ1) is 12.3. The summed E-state index contributed by atoms with van der Waals surface area (Å²) in [5.41, 5.74) is 1.33. The molecule has 136 valence electrons. The lowest BCUT2D eigenvalue weighted by atomic mass is 10.1. The standard InChI is InChI=1S/C18H10F6O2/c19-15(20)17(23)25-13-7-3-11(4-8-13)1-2-12-5-9-14(10-6-12)26-18(24)16(21)22/h1-10H/b2-1+. The van der Waals surface area contributed by atoms with Gasteiger partial charge in [0, 0.05) is 0 Å². The fraction of sp³-hybridized carbons (Fsp3) is 0. The molecule has 0 amide bonds. The summed E-state index contributed by atoms with van der Waals surface area (Å²) in [6.07, 6.45) is -1.79. The molecule has 0 aliphatic rings. The maximum absolute atomic E-state index is 12.7. The van der Waals surface area contributed by atoms with Crippen molar-refractivity contribution in [2.45, 2.75) is 0 Å². The smallest absolute Gasteiger partial charge is 0.344 e. The molecule has 0 radical (unpaired) electrons. The van der Waals surface area contributed by atoms with E-state index < -0.39 is 24.2 Å². The number of hydrogen-bond acceptors (Lipinski definition) is 2. The topological polar surface area (TPSA) is 18.5 Å². The van der Waals surface area contributed by atoms with Crippen LogP contribution in [0.1, 0.15) is 11.1 Å². The molecule has 0 aromatic heterocycles. The molecular formula is C18H10F6O2. The minimum Gasteiger partial charge on any atom is -0.428 e. The van der Waals surface area contributed by atoms with Crippen LogP contribution in [0.25, 0.3) is 12.2 Å². The molecule has 2 aromatic rings. The summed E-state index contributed by atoms with van der Waals surface area (Å²) in [5.74, 6) is -0.187. The molecule has 0 spiro atoms. The molecule has 2 rings (SSSR count). The van der Waals surface area contributed by atoms with Crippen molar-refractivity contribution in [3.05, 3.63) is 83.8 Å². The molecule has 0 aliphatic heterocycles. The summed E-state index contributed by atoms with van der Waals surface area (Å²) in [6, 6.07) is 7.34. The SMILES string of the molecule is FC(F)=C(F)Oc1ccc(/C=C/c2ccc(OC(F)=C(F)F)cc2)cc1. The maximum Gasteiger partial charge on any atom is 0.344 e. The largest absolute Gasteiger partial charge is 0.428 e. The van der Waals surface area contributed by atoms with Gasteiger partial charge in [0.15, 0.2) is 0 Å². The Hall–Kier alpha value is -3.16. The van der Waals surface area contributed by atoms with Crippen LogP contribution in [-0.4, -0.2) is 0 Å². The minimum atomic E-state index is -2.55. The van der Waals surface area contributed by atoms with Crippen LogP contribution in [0.15, 0.2) is 72.7 Å². The summed E-state index contributed by atoms with van der Waals surface area (Å²) in [5, 5.41) is 0. The first kappa shape index (κ1) is 19.2. The molecule has 2 aromatic carbocycles. The Morgan fingerprint density at radius 3 is 1.12 bits per heavy atom. The average molecular weight is 372 g/mol. The number of hydrogen-bond donors (Lipinski definition) is 0. The van der Waals surface area contributed by atoms with Gasteiger partial charge in [-0.2, -0.15) is 26.3 Å². The Balaban J connectivity index is 2.01. The van der Waals surface area contributed by atoms with Gasteiger partial charge in [-0.1, -0.05) is 36.4 Å². The van der Waals surface area contributed by atoms with Gasteiger partial charge in [-0.3, -0.25) is 0 Å². The van der Waals surface area contributed by atoms with Crippen molar-refractivity contribution < 1.29 is 35.8 Å². The van der Waals surface area contributed by atoms with Gasteiger partial charge in [0.1, 0.15) is 11.5 Å². The van der Waals surface area contributed by atoms with Crippen molar-refractivity contribution in [3.63, 3.8) is 0 Å². The van der Waals surface area contributed by atoms with E-state index in [9.17, 15) is 26.3 Å². The van der Waals surface area contributed by atoms with Gasteiger partial charge in [-0.15, -0.1) is 0 Å². The van der Waals surface area contributed by atoms with Gasteiger partial charge in [-0.05, 0) is 35.4 Å². The highest BCUT2D eigenvalue weighted by Gasteiger charge is 2.08. The Bertz CT molecular complexity index is 759. The van der Waals surface area contributed by atoms with E-state index in [0.29, 0.717) is 11.1 Å². The van der Waals surface area contributed by atoms with Gasteiger partial charge in [0.05, 0.1) is 0 Å². The van der Waals surface area contributed by atoms with E-state index in [-0.39, 0.29) is 11.5 Å². The Morgan fingerprint density at radius 1 is 0.538 bits per heavy atom. The van der Waals surface area contributed by atoms with Crippen LogP contribution >= 0.6 is 0 Å². The quantitative estimate of drug-likeness (QED) is 0.320. The molecule has 0 saturated carbocycles. The third-order valence-corrected chi connectivity index (χ3v) is 2.94. The normalized spacial score (nSPS) is 10.5. The molecule has 0 bridgehead atoms. The molecular weight excluding hydrogens is 362 g/mol. The average Bonchev–Trinajstić information content (AvgIpc) is 2.62. The molecule has 0 heterocycles. The number of rotatable bonds is 6. The fourth-order valence-electron chi connectivity index (χ4n) is 1.77. The molecule has 2 nitrogen and oxygen atoms in total. The molecule has 0 unspecified atom stereocenters. The van der Waals surface area contributed by atoms with E-state index >= 15 is 0 Å². The van der Waals surface area contributed by atoms with E-state index in [1.807, 2.05) is 0 Å². The molecule has 0 fully saturated rings. The van der Waals surface area contributed by atoms with Gasteiger partial charge in [0.2, 0.25) is 0 Å². The molecule has 0 atom stereocenters. The second-order valence-corrected chi connectivity index (χ2v) is 4.74. The third kappa shape index (κ3) is 5.73. The molecule has 0 N–H and O–H groups in total. The predicted molar refractivity (Wildman–Crippen MR) is 83.8 cm³/mol. The van der Waals surface area contributed by atoms with Crippen molar-refractivity contribution >= 4 is 12.2 Å². The Kier molecular flexibility index (Phi) is 6.48. The highest BCUT2D eigenvalue weighted by molar-refractivity contribution is 5.70. The highest BCUT2D eigenvalue weighted by atomic mass is 19.3. The first-order valence-corrected chi connectivity index (χ1v) is 7.00. The van der Waals surface area contributed by atoms with Crippen molar-refractivity contribution in [3.8, 4) is 11.5 Å². The lowest BCUT2D eigenvalue weighted by molar-refractivity contribution is 0.241. The zero-order chi connectivity index (χ0) is 19.1. The van der Waals surface area contributed by atoms with E-state index in [1.54, 1.807) is 12.2 Å². The number of benzene rings is 2. The third-order valence-electron chi connectivity index (χ3n) is 2.94. The van der Waals surface area contributed by atoms with Crippen LogP contribution in [0.5, 0.6) is 11.5 Å². The van der Waals surface area contributed by atoms with E-state index in [0.717, 1.165) is 0 Å². The van der Waals surface area contributed by atoms with Crippen molar-refractivity contribution in [1.82, 2.24) is 0 Å². The van der Waals surface area contributed by atoms with Crippen molar-refractivity contribution in [1.29, 1.82) is 0 Å². The lowest BCUT2D eigenvalue weighted by Crippen LogP contribution is -1.90. The van der Waals surface area contributed by atoms with Crippen LogP contribution in [-0.2, 0) is 0 Å². The van der Waals surface area contributed by atoms with Gasteiger partial charge >= 0.3 is 24.2 Å². The second-order valence-electron chi connectivity index (χ2n) is 4.74. The Labute approximate surface area is 144 Å². The minimum absolute atomic E-state index is 0.0934. The van der Waals surface area contributed by atoms with Crippen molar-refractivity contribution in [2.75, 3.05) is 0 Å². The maximum atomic E-state index is 12.7. The summed E-state index contributed by atoms with van der Waals surface area (Å²) in [4.78, 5) is 0. The second kappa shape index (κ2) is 8.80. The monoisotopic (exact) mass is 372 g/mol. The number of ether oxygens (including phenoxy) is 2. The van der Waals surface area contributed by atoms with Crippen LogP contribution in [0.3, 0.4) is 0 Å². The van der Waals surface area contributed by atoms with E-state index in [1.165, 1.54) is 48.5 Å². The van der Waals surface area contributed by atoms with Crippen molar-refractivity contribution in [2.24, 2.45) is 0 Å². The van der Waals surface area contributed by atoms with E-state index in [2.05, 4.69) is 9.47 Å². The van der Waals surface area contributed by atoms with Gasteiger partial charge < -0.3 is 9.47 Å². The van der Waals surface area contributed by atoms with Crippen LogP contribution in [0.2, 0.25) is 0 Å². The fourth-order valence-corrected chi connectivity index (χ4v) is 1.77. The first-order valence-electron chi connectivity index (χ1n) is 7.00. The molecule has 26 heavy (non-hydrogen) atoms. The molecule has 0 aliphatic carbocycles.